The molecule has 2 aromatic heterocycles. The zero-order chi connectivity index (χ0) is 9.97. The van der Waals surface area contributed by atoms with Gasteiger partial charge in [-0.15, -0.1) is 0 Å². The lowest BCUT2D eigenvalue weighted by Crippen LogP contribution is -1.96. The molecule has 0 saturated carbocycles. The first-order chi connectivity index (χ1) is 6.74. The highest BCUT2D eigenvalue weighted by Gasteiger charge is 2.01. The van der Waals surface area contributed by atoms with Crippen LogP contribution in [0, 0.1) is 0 Å². The van der Waals surface area contributed by atoms with Crippen molar-refractivity contribution in [2.24, 2.45) is 0 Å². The van der Waals surface area contributed by atoms with Crippen molar-refractivity contribution in [2.75, 3.05) is 5.32 Å². The Bertz CT molecular complexity index is 388. The Morgan fingerprint density at radius 3 is 3.00 bits per heavy atom. The number of aromatic nitrogens is 1. The second-order valence-electron chi connectivity index (χ2n) is 2.53. The van der Waals surface area contributed by atoms with Crippen LogP contribution in [0.25, 0.3) is 0 Å². The monoisotopic (exact) mass is 292 g/mol. The molecule has 3 nitrogen and oxygen atoms in total. The lowest BCUT2D eigenvalue weighted by atomic mass is 10.4. The van der Waals surface area contributed by atoms with Gasteiger partial charge in [-0.05, 0) is 39.7 Å². The first-order valence-electron chi connectivity index (χ1n) is 3.83. The lowest BCUT2D eigenvalue weighted by Gasteiger charge is -1.97. The van der Waals surface area contributed by atoms with Crippen LogP contribution in [0.2, 0.25) is 5.22 Å². The standard InChI is InChI=1S/C8H6BrClN2OS/c9-6-4-12-8(14-6)11-3-5-1-2-7(10)13-5/h1-2,4H,3H2,(H,11,12). The smallest absolute Gasteiger partial charge is 0.193 e. The molecule has 6 heteroatoms. The molecule has 0 aliphatic rings. The van der Waals surface area contributed by atoms with Crippen LogP contribution in [-0.4, -0.2) is 4.98 Å². The van der Waals surface area contributed by atoms with E-state index in [9.17, 15) is 0 Å². The minimum atomic E-state index is 0.405. The van der Waals surface area contributed by atoms with Crippen LogP contribution < -0.4 is 5.32 Å². The number of nitrogens with zero attached hydrogens (tertiary/aromatic N) is 1. The van der Waals surface area contributed by atoms with Crippen LogP contribution >= 0.6 is 38.9 Å². The molecule has 0 saturated heterocycles. The highest BCUT2D eigenvalue weighted by atomic mass is 79.9. The third-order valence-corrected chi connectivity index (χ3v) is 3.16. The maximum absolute atomic E-state index is 5.63. The normalized spacial score (nSPS) is 10.4. The van der Waals surface area contributed by atoms with Crippen LogP contribution in [-0.2, 0) is 6.54 Å². The number of hydrogen-bond donors (Lipinski definition) is 1. The lowest BCUT2D eigenvalue weighted by molar-refractivity contribution is 0.520. The van der Waals surface area contributed by atoms with Gasteiger partial charge >= 0.3 is 0 Å². The van der Waals surface area contributed by atoms with Crippen LogP contribution in [0.15, 0.2) is 26.5 Å². The van der Waals surface area contributed by atoms with Gasteiger partial charge in [0, 0.05) is 0 Å². The predicted octanol–water partition coefficient (Wildman–Crippen LogP) is 3.76. The van der Waals surface area contributed by atoms with Gasteiger partial charge in [0.1, 0.15) is 5.76 Å². The third-order valence-electron chi connectivity index (χ3n) is 1.52. The van der Waals surface area contributed by atoms with Crippen LogP contribution in [0.1, 0.15) is 5.76 Å². The van der Waals surface area contributed by atoms with E-state index in [1.807, 2.05) is 6.07 Å². The fourth-order valence-electron chi connectivity index (χ4n) is 0.946. The van der Waals surface area contributed by atoms with Crippen molar-refractivity contribution in [3.63, 3.8) is 0 Å². The van der Waals surface area contributed by atoms with E-state index in [0.717, 1.165) is 14.7 Å². The van der Waals surface area contributed by atoms with Crippen molar-refractivity contribution in [3.8, 4) is 0 Å². The van der Waals surface area contributed by atoms with Gasteiger partial charge in [-0.25, -0.2) is 4.98 Å². The Hall–Kier alpha value is -0.520. The molecule has 2 aromatic rings. The quantitative estimate of drug-likeness (QED) is 0.936. The van der Waals surface area contributed by atoms with Crippen LogP contribution in [0.5, 0.6) is 0 Å². The van der Waals surface area contributed by atoms with Gasteiger partial charge in [-0.1, -0.05) is 11.3 Å². The SMILES string of the molecule is Clc1ccc(CNc2ncc(Br)s2)o1. The summed E-state index contributed by atoms with van der Waals surface area (Å²) in [5.74, 6) is 0.793. The average molecular weight is 294 g/mol. The number of halogens is 2. The summed E-state index contributed by atoms with van der Waals surface area (Å²) in [6.45, 7) is 0.590. The molecule has 1 N–H and O–H groups in total. The van der Waals surface area contributed by atoms with E-state index in [1.54, 1.807) is 12.3 Å². The number of rotatable bonds is 3. The molecule has 74 valence electrons. The molecule has 0 bridgehead atoms. The highest BCUT2D eigenvalue weighted by molar-refractivity contribution is 9.11. The summed E-state index contributed by atoms with van der Waals surface area (Å²) in [5.41, 5.74) is 0. The Morgan fingerprint density at radius 1 is 1.57 bits per heavy atom. The highest BCUT2D eigenvalue weighted by Crippen LogP contribution is 2.23. The summed E-state index contributed by atoms with van der Waals surface area (Å²) >= 11 is 10.5. The van der Waals surface area contributed by atoms with Crippen molar-refractivity contribution < 1.29 is 4.42 Å². The van der Waals surface area contributed by atoms with E-state index >= 15 is 0 Å². The Labute approximate surface area is 98.2 Å². The van der Waals surface area contributed by atoms with Gasteiger partial charge < -0.3 is 9.73 Å². The van der Waals surface area contributed by atoms with Crippen molar-refractivity contribution >= 4 is 44.0 Å². The van der Waals surface area contributed by atoms with Gasteiger partial charge in [0.05, 0.1) is 16.5 Å². The molecular weight excluding hydrogens is 288 g/mol. The second kappa shape index (κ2) is 4.33. The largest absolute Gasteiger partial charge is 0.448 e. The minimum absolute atomic E-state index is 0.405. The van der Waals surface area contributed by atoms with E-state index in [4.69, 9.17) is 16.0 Å². The third kappa shape index (κ3) is 2.50. The van der Waals surface area contributed by atoms with Gasteiger partial charge in [-0.2, -0.15) is 0 Å². The van der Waals surface area contributed by atoms with E-state index < -0.39 is 0 Å². The first kappa shape index (κ1) is 10.0. The van der Waals surface area contributed by atoms with E-state index in [0.29, 0.717) is 11.8 Å². The summed E-state index contributed by atoms with van der Waals surface area (Å²) in [4.78, 5) is 4.12. The summed E-state index contributed by atoms with van der Waals surface area (Å²) in [7, 11) is 0. The van der Waals surface area contributed by atoms with Gasteiger partial charge in [0.2, 0.25) is 0 Å². The predicted molar refractivity (Wildman–Crippen MR) is 60.9 cm³/mol. The molecule has 0 aliphatic heterocycles. The molecule has 0 radical (unpaired) electrons. The molecule has 0 fully saturated rings. The summed E-state index contributed by atoms with van der Waals surface area (Å²) in [6.07, 6.45) is 1.75. The van der Waals surface area contributed by atoms with E-state index in [1.165, 1.54) is 11.3 Å². The fraction of sp³-hybridized carbons (Fsp3) is 0.125. The molecule has 0 aromatic carbocycles. The number of thiazole rings is 1. The summed E-state index contributed by atoms with van der Waals surface area (Å²) in [6, 6.07) is 3.55. The van der Waals surface area contributed by atoms with Crippen molar-refractivity contribution in [3.05, 3.63) is 33.1 Å². The molecule has 0 amide bonds. The summed E-state index contributed by atoms with van der Waals surface area (Å²) < 4.78 is 6.18. The van der Waals surface area contributed by atoms with Gasteiger partial charge in [-0.3, -0.25) is 0 Å². The molecule has 0 unspecified atom stereocenters. The molecule has 2 rings (SSSR count). The van der Waals surface area contributed by atoms with Crippen molar-refractivity contribution in [2.45, 2.75) is 6.54 Å². The van der Waals surface area contributed by atoms with Crippen molar-refractivity contribution in [1.29, 1.82) is 0 Å². The molecule has 0 atom stereocenters. The zero-order valence-electron chi connectivity index (χ0n) is 6.96. The molecule has 14 heavy (non-hydrogen) atoms. The van der Waals surface area contributed by atoms with Crippen LogP contribution in [0.3, 0.4) is 0 Å². The minimum Gasteiger partial charge on any atom is -0.448 e. The van der Waals surface area contributed by atoms with E-state index in [2.05, 4.69) is 26.2 Å². The van der Waals surface area contributed by atoms with Crippen molar-refractivity contribution in [1.82, 2.24) is 4.98 Å². The number of anilines is 1. The topological polar surface area (TPSA) is 38.1 Å². The van der Waals surface area contributed by atoms with E-state index in [-0.39, 0.29) is 0 Å². The van der Waals surface area contributed by atoms with Gasteiger partial charge in [0.25, 0.3) is 0 Å². The number of nitrogens with one attached hydrogen (secondary N) is 1. The molecule has 2 heterocycles. The molecular formula is C8H6BrClN2OS. The maximum Gasteiger partial charge on any atom is 0.193 e. The Kier molecular flexibility index (Phi) is 3.10. The molecule has 0 aliphatic carbocycles. The fourth-order valence-corrected chi connectivity index (χ4v) is 2.21. The molecule has 0 spiro atoms. The van der Waals surface area contributed by atoms with Crippen LogP contribution in [0.4, 0.5) is 5.13 Å². The zero-order valence-corrected chi connectivity index (χ0v) is 10.1. The maximum atomic E-state index is 5.63. The Balaban J connectivity index is 1.94. The number of furan rings is 1. The first-order valence-corrected chi connectivity index (χ1v) is 5.82. The summed E-state index contributed by atoms with van der Waals surface area (Å²) in [5, 5.41) is 4.38. The second-order valence-corrected chi connectivity index (χ2v) is 5.31. The van der Waals surface area contributed by atoms with Gasteiger partial charge in [0.15, 0.2) is 10.4 Å². The number of hydrogen-bond acceptors (Lipinski definition) is 4. The Morgan fingerprint density at radius 2 is 2.43 bits per heavy atom. The average Bonchev–Trinajstić information content (AvgIpc) is 2.72.